The minimum Gasteiger partial charge on any atom is -0.399 e. The number of nitrogens with one attached hydrogen (secondary N) is 1. The van der Waals surface area contributed by atoms with Crippen LogP contribution in [0.3, 0.4) is 0 Å². The van der Waals surface area contributed by atoms with Crippen molar-refractivity contribution in [1.29, 1.82) is 0 Å². The number of anilines is 2. The Hall–Kier alpha value is -2.21. The first kappa shape index (κ1) is 17.6. The Bertz CT molecular complexity index is 972. The number of aryl methyl sites for hydroxylation is 3. The molecule has 0 aliphatic heterocycles. The molecule has 2 aromatic carbocycles. The van der Waals surface area contributed by atoms with Gasteiger partial charge in [-0.25, -0.2) is 14.4 Å². The van der Waals surface area contributed by atoms with Gasteiger partial charge in [-0.2, -0.15) is 0 Å². The smallest absolute Gasteiger partial charge is 0.138 e. The average molecular weight is 403 g/mol. The maximum absolute atomic E-state index is 14.5. The van der Waals surface area contributed by atoms with Crippen molar-refractivity contribution >= 4 is 38.3 Å². The second-order valence-corrected chi connectivity index (χ2v) is 7.20. The van der Waals surface area contributed by atoms with E-state index < -0.39 is 0 Å². The first-order valence-electron chi connectivity index (χ1n) is 8.03. The lowest BCUT2D eigenvalue weighted by Crippen LogP contribution is -2.12. The molecule has 1 aromatic heterocycles. The molecule has 3 aromatic rings. The van der Waals surface area contributed by atoms with E-state index in [4.69, 9.17) is 5.73 Å². The molecule has 4 nitrogen and oxygen atoms in total. The molecule has 0 unspecified atom stereocenters. The quantitative estimate of drug-likeness (QED) is 0.589. The van der Waals surface area contributed by atoms with Crippen LogP contribution in [0.1, 0.15) is 35.5 Å². The number of nitrogen functional groups attached to an aromatic ring is 1. The van der Waals surface area contributed by atoms with Crippen LogP contribution in [0.15, 0.2) is 28.7 Å². The standard InChI is InChI=1S/C19H20BrFN4/c1-9-6-17-15(8-16(9)20)19(25-12(4)24-17)23-11(3)14-7-13(22)5-10(2)18(14)21/h5-8,11H,22H2,1-4H3,(H,23,24,25)/t11-/m1/s1. The van der Waals surface area contributed by atoms with E-state index in [-0.39, 0.29) is 11.9 Å². The molecule has 1 heterocycles. The highest BCUT2D eigenvalue weighted by molar-refractivity contribution is 9.10. The summed E-state index contributed by atoms with van der Waals surface area (Å²) in [4.78, 5) is 9.01. The molecule has 3 N–H and O–H groups in total. The Balaban J connectivity index is 2.07. The number of halogens is 2. The minimum absolute atomic E-state index is 0.249. The fraction of sp³-hybridized carbons (Fsp3) is 0.263. The normalized spacial score (nSPS) is 12.4. The van der Waals surface area contributed by atoms with Crippen molar-refractivity contribution in [2.45, 2.75) is 33.7 Å². The Morgan fingerprint density at radius 3 is 2.52 bits per heavy atom. The number of rotatable bonds is 3. The maximum Gasteiger partial charge on any atom is 0.138 e. The van der Waals surface area contributed by atoms with Gasteiger partial charge < -0.3 is 11.1 Å². The lowest BCUT2D eigenvalue weighted by molar-refractivity contribution is 0.592. The Kier molecular flexibility index (Phi) is 4.64. The molecule has 0 bridgehead atoms. The van der Waals surface area contributed by atoms with Crippen LogP contribution in [0.5, 0.6) is 0 Å². The van der Waals surface area contributed by atoms with Gasteiger partial charge >= 0.3 is 0 Å². The molecule has 6 heteroatoms. The minimum atomic E-state index is -0.292. The molecule has 25 heavy (non-hydrogen) atoms. The Labute approximate surface area is 154 Å². The molecule has 130 valence electrons. The third-order valence-corrected chi connectivity index (χ3v) is 5.07. The zero-order valence-electron chi connectivity index (χ0n) is 14.6. The van der Waals surface area contributed by atoms with Crippen LogP contribution in [-0.2, 0) is 0 Å². The van der Waals surface area contributed by atoms with Gasteiger partial charge in [0.25, 0.3) is 0 Å². The molecule has 0 amide bonds. The second kappa shape index (κ2) is 6.59. The first-order valence-corrected chi connectivity index (χ1v) is 8.82. The van der Waals surface area contributed by atoms with Gasteiger partial charge in [0.1, 0.15) is 17.5 Å². The fourth-order valence-corrected chi connectivity index (χ4v) is 3.25. The van der Waals surface area contributed by atoms with Crippen molar-refractivity contribution in [3.8, 4) is 0 Å². The highest BCUT2D eigenvalue weighted by Gasteiger charge is 2.16. The van der Waals surface area contributed by atoms with Crippen LogP contribution in [0.4, 0.5) is 15.9 Å². The molecule has 1 atom stereocenters. The SMILES string of the molecule is Cc1nc(N[C@H](C)c2cc(N)cc(C)c2F)c2cc(Br)c(C)cc2n1. The Morgan fingerprint density at radius 1 is 1.08 bits per heavy atom. The number of nitrogens with zero attached hydrogens (tertiary/aromatic N) is 2. The third-order valence-electron chi connectivity index (χ3n) is 4.21. The third kappa shape index (κ3) is 3.44. The van der Waals surface area contributed by atoms with E-state index in [0.29, 0.717) is 28.5 Å². The van der Waals surface area contributed by atoms with Gasteiger partial charge in [-0.3, -0.25) is 0 Å². The molecule has 0 aliphatic carbocycles. The van der Waals surface area contributed by atoms with Crippen LogP contribution in [-0.4, -0.2) is 9.97 Å². The summed E-state index contributed by atoms with van der Waals surface area (Å²) in [5.41, 5.74) is 9.44. The van der Waals surface area contributed by atoms with E-state index >= 15 is 0 Å². The van der Waals surface area contributed by atoms with Gasteiger partial charge in [0.05, 0.1) is 11.6 Å². The van der Waals surface area contributed by atoms with Crippen molar-refractivity contribution in [2.24, 2.45) is 0 Å². The van der Waals surface area contributed by atoms with E-state index in [0.717, 1.165) is 20.9 Å². The summed E-state index contributed by atoms with van der Waals surface area (Å²) in [5.74, 6) is 1.09. The monoisotopic (exact) mass is 402 g/mol. The number of aromatic nitrogens is 2. The average Bonchev–Trinajstić information content (AvgIpc) is 2.52. The summed E-state index contributed by atoms with van der Waals surface area (Å²) in [7, 11) is 0. The zero-order valence-corrected chi connectivity index (χ0v) is 16.2. The maximum atomic E-state index is 14.5. The summed E-state index contributed by atoms with van der Waals surface area (Å²) in [6.07, 6.45) is 0. The topological polar surface area (TPSA) is 63.8 Å². The van der Waals surface area contributed by atoms with E-state index in [2.05, 4.69) is 31.2 Å². The van der Waals surface area contributed by atoms with Gasteiger partial charge in [0, 0.05) is 21.1 Å². The summed E-state index contributed by atoms with van der Waals surface area (Å²) in [6.45, 7) is 7.47. The van der Waals surface area contributed by atoms with Crippen molar-refractivity contribution in [1.82, 2.24) is 9.97 Å². The fourth-order valence-electron chi connectivity index (χ4n) is 2.90. The summed E-state index contributed by atoms with van der Waals surface area (Å²) >= 11 is 3.55. The largest absolute Gasteiger partial charge is 0.399 e. The summed E-state index contributed by atoms with van der Waals surface area (Å²) in [5, 5.41) is 4.20. The Morgan fingerprint density at radius 2 is 1.80 bits per heavy atom. The van der Waals surface area contributed by atoms with Crippen LogP contribution in [0.25, 0.3) is 10.9 Å². The van der Waals surface area contributed by atoms with Crippen LogP contribution < -0.4 is 11.1 Å². The van der Waals surface area contributed by atoms with Gasteiger partial charge in [-0.15, -0.1) is 0 Å². The second-order valence-electron chi connectivity index (χ2n) is 6.35. The number of hydrogen-bond acceptors (Lipinski definition) is 4. The molecule has 0 saturated carbocycles. The number of benzene rings is 2. The summed E-state index contributed by atoms with van der Waals surface area (Å²) < 4.78 is 15.5. The number of nitrogens with two attached hydrogens (primary N) is 1. The van der Waals surface area contributed by atoms with Crippen LogP contribution in [0.2, 0.25) is 0 Å². The van der Waals surface area contributed by atoms with Crippen LogP contribution in [0, 0.1) is 26.6 Å². The molecular formula is C19H20BrFN4. The molecule has 3 rings (SSSR count). The molecular weight excluding hydrogens is 383 g/mol. The highest BCUT2D eigenvalue weighted by atomic mass is 79.9. The van der Waals surface area contributed by atoms with Crippen molar-refractivity contribution < 1.29 is 4.39 Å². The molecule has 0 fully saturated rings. The molecule has 0 saturated heterocycles. The zero-order chi connectivity index (χ0) is 18.3. The van der Waals surface area contributed by atoms with E-state index in [9.17, 15) is 4.39 Å². The van der Waals surface area contributed by atoms with Gasteiger partial charge in [0.15, 0.2) is 0 Å². The van der Waals surface area contributed by atoms with Crippen molar-refractivity contribution in [2.75, 3.05) is 11.1 Å². The number of fused-ring (bicyclic) bond motifs is 1. The first-order chi connectivity index (χ1) is 11.8. The lowest BCUT2D eigenvalue weighted by atomic mass is 10.0. The summed E-state index contributed by atoms with van der Waals surface area (Å²) in [6, 6.07) is 7.00. The van der Waals surface area contributed by atoms with Gasteiger partial charge in [-0.1, -0.05) is 15.9 Å². The predicted octanol–water partition coefficient (Wildman–Crippen LogP) is 5.21. The number of hydrogen-bond donors (Lipinski definition) is 2. The predicted molar refractivity (Wildman–Crippen MR) is 104 cm³/mol. The van der Waals surface area contributed by atoms with Crippen molar-refractivity contribution in [3.05, 3.63) is 57.1 Å². The van der Waals surface area contributed by atoms with Gasteiger partial charge in [-0.05, 0) is 63.1 Å². The van der Waals surface area contributed by atoms with Gasteiger partial charge in [0.2, 0.25) is 0 Å². The van der Waals surface area contributed by atoms with E-state index in [1.807, 2.05) is 32.9 Å². The van der Waals surface area contributed by atoms with E-state index in [1.54, 1.807) is 19.1 Å². The van der Waals surface area contributed by atoms with E-state index in [1.165, 1.54) is 0 Å². The van der Waals surface area contributed by atoms with Crippen LogP contribution >= 0.6 is 15.9 Å². The van der Waals surface area contributed by atoms with Crippen molar-refractivity contribution in [3.63, 3.8) is 0 Å². The molecule has 0 aliphatic rings. The molecule has 0 spiro atoms. The lowest BCUT2D eigenvalue weighted by Gasteiger charge is -2.19. The molecule has 0 radical (unpaired) electrons. The highest BCUT2D eigenvalue weighted by Crippen LogP contribution is 2.31.